The number of fused-ring (bicyclic) bond motifs is 1. The Morgan fingerprint density at radius 1 is 1.18 bits per heavy atom. The van der Waals surface area contributed by atoms with Crippen LogP contribution in [0.3, 0.4) is 0 Å². The minimum Gasteiger partial charge on any atom is -0.374 e. The molecule has 3 fully saturated rings. The topological polar surface area (TPSA) is 40.1 Å². The van der Waals surface area contributed by atoms with Crippen LogP contribution < -0.4 is 5.32 Å². The zero-order chi connectivity index (χ0) is 15.4. The molecule has 0 aromatic heterocycles. The molecule has 2 heterocycles. The van der Waals surface area contributed by atoms with Crippen LogP contribution in [0.1, 0.15) is 32.6 Å². The number of likely N-dealkylation sites (tertiary alicyclic amines) is 1. The molecule has 2 saturated heterocycles. The number of nitrogens with zero attached hydrogens (tertiary/aromatic N) is 3. The summed E-state index contributed by atoms with van der Waals surface area (Å²) in [4.78, 5) is 9.72. The first kappa shape index (κ1) is 16.1. The van der Waals surface area contributed by atoms with Crippen LogP contribution in [0.25, 0.3) is 0 Å². The van der Waals surface area contributed by atoms with Crippen LogP contribution in [0.15, 0.2) is 4.99 Å². The molecule has 3 unspecified atom stereocenters. The molecule has 5 nitrogen and oxygen atoms in total. The van der Waals surface area contributed by atoms with Crippen molar-refractivity contribution in [3.05, 3.63) is 0 Å². The van der Waals surface area contributed by atoms with E-state index in [9.17, 15) is 0 Å². The van der Waals surface area contributed by atoms with Crippen molar-refractivity contribution in [2.24, 2.45) is 16.8 Å². The maximum Gasteiger partial charge on any atom is 0.194 e. The molecule has 1 N–H and O–H groups in total. The minimum absolute atomic E-state index is 0.247. The zero-order valence-electron chi connectivity index (χ0n) is 14.3. The normalized spacial score (nSPS) is 33.8. The number of ether oxygens (including phenoxy) is 1. The highest BCUT2D eigenvalue weighted by atomic mass is 16.5. The Kier molecular flexibility index (Phi) is 5.58. The fraction of sp³-hybridized carbons (Fsp3) is 0.941. The summed E-state index contributed by atoms with van der Waals surface area (Å²) in [5.41, 5.74) is 0. The highest BCUT2D eigenvalue weighted by Gasteiger charge is 2.35. The molecule has 3 atom stereocenters. The van der Waals surface area contributed by atoms with Gasteiger partial charge in [0, 0.05) is 32.7 Å². The molecule has 0 bridgehead atoms. The van der Waals surface area contributed by atoms with Gasteiger partial charge in [-0.15, -0.1) is 0 Å². The van der Waals surface area contributed by atoms with Crippen LogP contribution in [0.5, 0.6) is 0 Å². The van der Waals surface area contributed by atoms with Crippen molar-refractivity contribution in [1.82, 2.24) is 15.1 Å². The second-order valence-electron chi connectivity index (χ2n) is 7.16. The SMILES string of the molecule is CCNC(=NCC1CN(C)CCO1)N1CC2CCCCC2C1. The van der Waals surface area contributed by atoms with E-state index in [1.54, 1.807) is 0 Å². The van der Waals surface area contributed by atoms with Crippen LogP contribution >= 0.6 is 0 Å². The monoisotopic (exact) mass is 308 g/mol. The Hall–Kier alpha value is -0.810. The molecule has 0 aromatic carbocycles. The molecule has 22 heavy (non-hydrogen) atoms. The molecule has 0 aromatic rings. The molecule has 0 spiro atoms. The van der Waals surface area contributed by atoms with Crippen molar-refractivity contribution in [1.29, 1.82) is 0 Å². The van der Waals surface area contributed by atoms with Gasteiger partial charge in [-0.05, 0) is 38.6 Å². The number of morpholine rings is 1. The van der Waals surface area contributed by atoms with Gasteiger partial charge >= 0.3 is 0 Å². The maximum absolute atomic E-state index is 5.84. The van der Waals surface area contributed by atoms with Crippen molar-refractivity contribution in [2.75, 3.05) is 52.9 Å². The summed E-state index contributed by atoms with van der Waals surface area (Å²) in [5.74, 6) is 2.90. The molecule has 2 aliphatic heterocycles. The fourth-order valence-electron chi connectivity index (χ4n) is 4.17. The largest absolute Gasteiger partial charge is 0.374 e. The summed E-state index contributed by atoms with van der Waals surface area (Å²) < 4.78 is 5.84. The smallest absolute Gasteiger partial charge is 0.194 e. The Morgan fingerprint density at radius 2 is 1.91 bits per heavy atom. The van der Waals surface area contributed by atoms with E-state index in [4.69, 9.17) is 9.73 Å². The molecule has 0 radical (unpaired) electrons. The van der Waals surface area contributed by atoms with Gasteiger partial charge in [-0.3, -0.25) is 4.99 Å². The molecule has 0 amide bonds. The lowest BCUT2D eigenvalue weighted by atomic mass is 9.82. The number of hydrogen-bond donors (Lipinski definition) is 1. The van der Waals surface area contributed by atoms with Gasteiger partial charge in [-0.1, -0.05) is 12.8 Å². The van der Waals surface area contributed by atoms with E-state index in [2.05, 4.69) is 29.1 Å². The lowest BCUT2D eigenvalue weighted by Crippen LogP contribution is -2.44. The van der Waals surface area contributed by atoms with Crippen molar-refractivity contribution in [2.45, 2.75) is 38.7 Å². The molecule has 5 heteroatoms. The standard InChI is InChI=1S/C17H32N4O/c1-3-18-17(19-10-16-13-20(2)8-9-22-16)21-11-14-6-4-5-7-15(14)12-21/h14-16H,3-13H2,1-2H3,(H,18,19). The summed E-state index contributed by atoms with van der Waals surface area (Å²) in [6, 6.07) is 0. The fourth-order valence-corrected chi connectivity index (χ4v) is 4.17. The summed E-state index contributed by atoms with van der Waals surface area (Å²) in [6.45, 7) is 9.13. The van der Waals surface area contributed by atoms with Gasteiger partial charge in [0.2, 0.25) is 0 Å². The molecule has 126 valence electrons. The van der Waals surface area contributed by atoms with Gasteiger partial charge in [0.25, 0.3) is 0 Å². The van der Waals surface area contributed by atoms with E-state index in [-0.39, 0.29) is 6.10 Å². The first-order chi connectivity index (χ1) is 10.8. The van der Waals surface area contributed by atoms with E-state index < -0.39 is 0 Å². The van der Waals surface area contributed by atoms with Gasteiger partial charge < -0.3 is 19.9 Å². The first-order valence-corrected chi connectivity index (χ1v) is 9.09. The maximum atomic E-state index is 5.84. The second kappa shape index (κ2) is 7.64. The molecule has 3 rings (SSSR count). The highest BCUT2D eigenvalue weighted by molar-refractivity contribution is 5.80. The Bertz CT molecular complexity index is 373. The van der Waals surface area contributed by atoms with E-state index in [0.717, 1.165) is 50.6 Å². The summed E-state index contributed by atoms with van der Waals surface area (Å²) >= 11 is 0. The predicted octanol–water partition coefficient (Wildman–Crippen LogP) is 1.40. The Balaban J connectivity index is 1.58. The summed E-state index contributed by atoms with van der Waals surface area (Å²) in [7, 11) is 2.16. The summed E-state index contributed by atoms with van der Waals surface area (Å²) in [5, 5.41) is 3.49. The van der Waals surface area contributed by atoms with Crippen molar-refractivity contribution < 1.29 is 4.74 Å². The minimum atomic E-state index is 0.247. The molecular weight excluding hydrogens is 276 g/mol. The van der Waals surface area contributed by atoms with Crippen LogP contribution in [-0.2, 0) is 4.74 Å². The van der Waals surface area contributed by atoms with Crippen molar-refractivity contribution in [3.63, 3.8) is 0 Å². The lowest BCUT2D eigenvalue weighted by Gasteiger charge is -2.29. The third kappa shape index (κ3) is 3.93. The summed E-state index contributed by atoms with van der Waals surface area (Å²) in [6.07, 6.45) is 5.92. The number of aliphatic imine (C=N–C) groups is 1. The molecule has 1 aliphatic carbocycles. The van der Waals surface area contributed by atoms with Crippen molar-refractivity contribution >= 4 is 5.96 Å². The third-order valence-corrected chi connectivity index (χ3v) is 5.40. The third-order valence-electron chi connectivity index (χ3n) is 5.40. The van der Waals surface area contributed by atoms with E-state index in [1.165, 1.54) is 38.8 Å². The van der Waals surface area contributed by atoms with Crippen molar-refractivity contribution in [3.8, 4) is 0 Å². The van der Waals surface area contributed by atoms with E-state index >= 15 is 0 Å². The van der Waals surface area contributed by atoms with Gasteiger partial charge in [0.05, 0.1) is 19.3 Å². The average Bonchev–Trinajstić information content (AvgIpc) is 2.95. The van der Waals surface area contributed by atoms with E-state index in [0.29, 0.717) is 0 Å². The van der Waals surface area contributed by atoms with Crippen LogP contribution in [0.2, 0.25) is 0 Å². The van der Waals surface area contributed by atoms with Crippen LogP contribution in [0.4, 0.5) is 0 Å². The van der Waals surface area contributed by atoms with Gasteiger partial charge in [-0.2, -0.15) is 0 Å². The van der Waals surface area contributed by atoms with Gasteiger partial charge in [-0.25, -0.2) is 0 Å². The quantitative estimate of drug-likeness (QED) is 0.632. The number of nitrogens with one attached hydrogen (secondary N) is 1. The van der Waals surface area contributed by atoms with Crippen LogP contribution in [0, 0.1) is 11.8 Å². The van der Waals surface area contributed by atoms with Crippen LogP contribution in [-0.4, -0.2) is 74.8 Å². The number of hydrogen-bond acceptors (Lipinski definition) is 3. The number of guanidine groups is 1. The van der Waals surface area contributed by atoms with Gasteiger partial charge in [0.15, 0.2) is 5.96 Å². The van der Waals surface area contributed by atoms with Gasteiger partial charge in [0.1, 0.15) is 0 Å². The average molecular weight is 308 g/mol. The predicted molar refractivity (Wildman–Crippen MR) is 90.2 cm³/mol. The second-order valence-corrected chi connectivity index (χ2v) is 7.16. The zero-order valence-corrected chi connectivity index (χ0v) is 14.3. The number of likely N-dealkylation sites (N-methyl/N-ethyl adjacent to an activating group) is 1. The molecular formula is C17H32N4O. The number of rotatable bonds is 3. The highest BCUT2D eigenvalue weighted by Crippen LogP contribution is 2.35. The van der Waals surface area contributed by atoms with E-state index in [1.807, 2.05) is 0 Å². The Labute approximate surface area is 135 Å². The lowest BCUT2D eigenvalue weighted by molar-refractivity contribution is -0.0137. The molecule has 3 aliphatic rings. The Morgan fingerprint density at radius 3 is 2.55 bits per heavy atom. The molecule has 1 saturated carbocycles. The first-order valence-electron chi connectivity index (χ1n) is 9.09.